The van der Waals surface area contributed by atoms with E-state index in [4.69, 9.17) is 9.84 Å². The first-order valence-corrected chi connectivity index (χ1v) is 5.35. The maximum Gasteiger partial charge on any atom is 0.350 e. The average molecular weight is 248 g/mol. The summed E-state index contributed by atoms with van der Waals surface area (Å²) >= 11 is 0. The molecule has 0 aromatic heterocycles. The number of nitrogens with one attached hydrogen (secondary N) is 1. The minimum Gasteiger partial charge on any atom is -0.497 e. The Kier molecular flexibility index (Phi) is 3.27. The zero-order chi connectivity index (χ0) is 13.1. The lowest BCUT2D eigenvalue weighted by atomic mass is 10.00. The lowest BCUT2D eigenvalue weighted by molar-refractivity contribution is -0.129. The number of hydrogen-bond acceptors (Lipinski definition) is 3. The third-order valence-electron chi connectivity index (χ3n) is 2.70. The number of rotatable bonds is 3. The van der Waals surface area contributed by atoms with Crippen molar-refractivity contribution < 1.29 is 19.4 Å². The molecular weight excluding hydrogens is 236 g/mol. The summed E-state index contributed by atoms with van der Waals surface area (Å²) in [7, 11) is 1.56. The molecule has 0 saturated heterocycles. The highest BCUT2D eigenvalue weighted by Gasteiger charge is 2.26. The quantitative estimate of drug-likeness (QED) is 0.845. The van der Waals surface area contributed by atoms with E-state index in [1.54, 1.807) is 31.4 Å². The van der Waals surface area contributed by atoms with E-state index in [2.05, 4.69) is 10.3 Å². The van der Waals surface area contributed by atoms with Gasteiger partial charge in [0.25, 0.3) is 0 Å². The third kappa shape index (κ3) is 2.48. The fourth-order valence-electron chi connectivity index (χ4n) is 1.77. The number of benzene rings is 1. The molecule has 1 unspecified atom stereocenters. The summed E-state index contributed by atoms with van der Waals surface area (Å²) < 4.78 is 5.03. The number of nitrogens with zero attached hydrogens (tertiary/aromatic N) is 1. The topological polar surface area (TPSA) is 88.0 Å². The molecule has 94 valence electrons. The van der Waals surface area contributed by atoms with Crippen molar-refractivity contribution in [2.45, 2.75) is 12.5 Å². The molecule has 1 aliphatic heterocycles. The standard InChI is InChI=1S/C12H12N2O4/c1-18-8-4-2-7(3-5-8)9-6-10(11(15)16)14-12(17)13-9/h2-5,9H,6H2,1H3,(H,13,17)(H,15,16). The summed E-state index contributed by atoms with van der Waals surface area (Å²) in [4.78, 5) is 25.6. The van der Waals surface area contributed by atoms with Gasteiger partial charge in [-0.3, -0.25) is 0 Å². The van der Waals surface area contributed by atoms with Crippen molar-refractivity contribution in [3.05, 3.63) is 29.8 Å². The van der Waals surface area contributed by atoms with Crippen LogP contribution < -0.4 is 10.1 Å². The smallest absolute Gasteiger partial charge is 0.350 e. The van der Waals surface area contributed by atoms with Gasteiger partial charge in [-0.05, 0) is 17.7 Å². The number of aliphatic carboxylic acids is 1. The van der Waals surface area contributed by atoms with E-state index < -0.39 is 12.0 Å². The summed E-state index contributed by atoms with van der Waals surface area (Å²) in [6.07, 6.45) is 0.174. The Hall–Kier alpha value is -2.37. The molecule has 18 heavy (non-hydrogen) atoms. The number of ether oxygens (including phenoxy) is 1. The van der Waals surface area contributed by atoms with Crippen LogP contribution in [0.5, 0.6) is 5.75 Å². The lowest BCUT2D eigenvalue weighted by Gasteiger charge is -2.21. The Morgan fingerprint density at radius 2 is 2.11 bits per heavy atom. The molecule has 6 heteroatoms. The first-order valence-electron chi connectivity index (χ1n) is 5.35. The number of carbonyl (C=O) groups excluding carboxylic acids is 1. The first kappa shape index (κ1) is 12.1. The molecule has 2 amide bonds. The number of carbonyl (C=O) groups is 2. The molecule has 1 aliphatic rings. The molecule has 0 fully saturated rings. The molecule has 2 N–H and O–H groups in total. The SMILES string of the molecule is COc1ccc(C2CC(C(=O)O)=NC(=O)N2)cc1. The van der Waals surface area contributed by atoms with Crippen molar-refractivity contribution >= 4 is 17.7 Å². The number of amides is 2. The van der Waals surface area contributed by atoms with Gasteiger partial charge >= 0.3 is 12.0 Å². The van der Waals surface area contributed by atoms with Gasteiger partial charge in [-0.25, -0.2) is 9.59 Å². The number of methoxy groups -OCH3 is 1. The Labute approximate surface area is 103 Å². The van der Waals surface area contributed by atoms with Gasteiger partial charge in [-0.1, -0.05) is 12.1 Å². The molecular formula is C12H12N2O4. The molecule has 0 bridgehead atoms. The first-order chi connectivity index (χ1) is 8.60. The maximum atomic E-state index is 11.3. The minimum absolute atomic E-state index is 0.125. The van der Waals surface area contributed by atoms with E-state index in [1.165, 1.54) is 0 Å². The van der Waals surface area contributed by atoms with Crippen molar-refractivity contribution in [2.75, 3.05) is 7.11 Å². The molecule has 1 heterocycles. The molecule has 0 radical (unpaired) electrons. The van der Waals surface area contributed by atoms with Crippen molar-refractivity contribution in [1.82, 2.24) is 5.32 Å². The molecule has 6 nitrogen and oxygen atoms in total. The largest absolute Gasteiger partial charge is 0.497 e. The number of carboxylic acids is 1. The van der Waals surface area contributed by atoms with Gasteiger partial charge in [0.2, 0.25) is 0 Å². The zero-order valence-corrected chi connectivity index (χ0v) is 9.71. The monoisotopic (exact) mass is 248 g/mol. The second-order valence-electron chi connectivity index (χ2n) is 3.84. The molecule has 2 rings (SSSR count). The van der Waals surface area contributed by atoms with E-state index in [1.807, 2.05) is 0 Å². The average Bonchev–Trinajstić information content (AvgIpc) is 2.38. The number of carboxylic acid groups (broad SMARTS) is 1. The minimum atomic E-state index is -1.16. The fourth-order valence-corrected chi connectivity index (χ4v) is 1.77. The summed E-state index contributed by atoms with van der Waals surface area (Å²) in [5.41, 5.74) is 0.692. The number of urea groups is 1. The van der Waals surface area contributed by atoms with E-state index in [-0.39, 0.29) is 18.2 Å². The summed E-state index contributed by atoms with van der Waals surface area (Å²) in [6, 6.07) is 6.09. The lowest BCUT2D eigenvalue weighted by Crippen LogP contribution is -2.35. The van der Waals surface area contributed by atoms with Crippen LogP contribution in [0.4, 0.5) is 4.79 Å². The molecule has 0 saturated carbocycles. The zero-order valence-electron chi connectivity index (χ0n) is 9.71. The molecule has 0 aliphatic carbocycles. The van der Waals surface area contributed by atoms with Crippen molar-refractivity contribution in [3.63, 3.8) is 0 Å². The van der Waals surface area contributed by atoms with Crippen molar-refractivity contribution in [3.8, 4) is 5.75 Å². The number of hydrogen-bond donors (Lipinski definition) is 2. The van der Waals surface area contributed by atoms with Crippen LogP contribution in [0.1, 0.15) is 18.0 Å². The molecule has 1 atom stereocenters. The van der Waals surface area contributed by atoms with Crippen LogP contribution in [0.15, 0.2) is 29.3 Å². The number of aliphatic imine (C=N–C) groups is 1. The second-order valence-corrected chi connectivity index (χ2v) is 3.84. The van der Waals surface area contributed by atoms with E-state index in [0.717, 1.165) is 5.56 Å². The predicted octanol–water partition coefficient (Wildman–Crippen LogP) is 1.38. The highest BCUT2D eigenvalue weighted by molar-refractivity contribution is 6.37. The third-order valence-corrected chi connectivity index (χ3v) is 2.70. The van der Waals surface area contributed by atoms with Crippen molar-refractivity contribution in [1.29, 1.82) is 0 Å². The van der Waals surface area contributed by atoms with Crippen LogP contribution in [-0.4, -0.2) is 29.9 Å². The van der Waals surface area contributed by atoms with Gasteiger partial charge in [0.1, 0.15) is 11.5 Å². The van der Waals surface area contributed by atoms with Gasteiger partial charge < -0.3 is 15.2 Å². The Morgan fingerprint density at radius 1 is 1.44 bits per heavy atom. The van der Waals surface area contributed by atoms with Gasteiger partial charge in [0.05, 0.1) is 13.2 Å². The molecule has 1 aromatic rings. The maximum absolute atomic E-state index is 11.3. The van der Waals surface area contributed by atoms with Crippen LogP contribution in [0.25, 0.3) is 0 Å². The highest BCUT2D eigenvalue weighted by Crippen LogP contribution is 2.23. The Morgan fingerprint density at radius 3 is 2.67 bits per heavy atom. The predicted molar refractivity (Wildman–Crippen MR) is 64.0 cm³/mol. The van der Waals surface area contributed by atoms with Crippen LogP contribution >= 0.6 is 0 Å². The van der Waals surface area contributed by atoms with Gasteiger partial charge in [-0.2, -0.15) is 4.99 Å². The van der Waals surface area contributed by atoms with Gasteiger partial charge in [-0.15, -0.1) is 0 Å². The molecule has 0 spiro atoms. The second kappa shape index (κ2) is 4.87. The van der Waals surface area contributed by atoms with Gasteiger partial charge in [0.15, 0.2) is 0 Å². The Balaban J connectivity index is 2.21. The van der Waals surface area contributed by atoms with E-state index >= 15 is 0 Å². The van der Waals surface area contributed by atoms with Crippen LogP contribution in [0.2, 0.25) is 0 Å². The highest BCUT2D eigenvalue weighted by atomic mass is 16.5. The van der Waals surface area contributed by atoms with E-state index in [0.29, 0.717) is 5.75 Å². The van der Waals surface area contributed by atoms with Crippen LogP contribution in [0.3, 0.4) is 0 Å². The van der Waals surface area contributed by atoms with E-state index in [9.17, 15) is 9.59 Å². The normalized spacial score (nSPS) is 18.8. The van der Waals surface area contributed by atoms with Crippen LogP contribution in [0, 0.1) is 0 Å². The Bertz CT molecular complexity index is 507. The summed E-state index contributed by atoms with van der Waals surface area (Å²) in [5, 5.41) is 11.5. The fraction of sp³-hybridized carbons (Fsp3) is 0.250. The van der Waals surface area contributed by atoms with Gasteiger partial charge in [0, 0.05) is 6.42 Å². The summed E-state index contributed by atoms with van der Waals surface area (Å²) in [6.45, 7) is 0. The van der Waals surface area contributed by atoms with Crippen LogP contribution in [-0.2, 0) is 4.79 Å². The summed E-state index contributed by atoms with van der Waals surface area (Å²) in [5.74, 6) is -0.462. The molecule has 1 aromatic carbocycles. The van der Waals surface area contributed by atoms with Crippen molar-refractivity contribution in [2.24, 2.45) is 4.99 Å².